The van der Waals surface area contributed by atoms with Crippen LogP contribution in [0.3, 0.4) is 0 Å². The molecule has 0 radical (unpaired) electrons. The molecule has 2 amide bonds. The van der Waals surface area contributed by atoms with E-state index >= 15 is 0 Å². The Balaban J connectivity index is 1.56. The molecule has 1 aliphatic carbocycles. The fourth-order valence-electron chi connectivity index (χ4n) is 5.03. The summed E-state index contributed by atoms with van der Waals surface area (Å²) in [6.07, 6.45) is 5.90. The number of carbonyl (C=O) groups is 2. The van der Waals surface area contributed by atoms with Crippen molar-refractivity contribution >= 4 is 23.6 Å². The number of halogens is 1. The molecule has 0 aromatic heterocycles. The van der Waals surface area contributed by atoms with Crippen LogP contribution in [0, 0.1) is 12.7 Å². The Morgan fingerprint density at radius 3 is 2.34 bits per heavy atom. The monoisotopic (exact) mass is 532 g/mol. The van der Waals surface area contributed by atoms with E-state index in [9.17, 15) is 14.0 Å². The summed E-state index contributed by atoms with van der Waals surface area (Å²) in [6, 6.07) is 23.9. The zero-order valence-corrected chi connectivity index (χ0v) is 22.9. The number of carbonyl (C=O) groups excluding carboxylic acids is 2. The summed E-state index contributed by atoms with van der Waals surface area (Å²) in [5, 5.41) is 3.28. The number of rotatable bonds is 11. The van der Waals surface area contributed by atoms with Gasteiger partial charge in [-0.2, -0.15) is 0 Å². The average molecular weight is 533 g/mol. The van der Waals surface area contributed by atoms with Crippen LogP contribution in [0.1, 0.15) is 54.4 Å². The Morgan fingerprint density at radius 2 is 1.63 bits per heavy atom. The lowest BCUT2D eigenvalue weighted by molar-refractivity contribution is -0.139. The van der Waals surface area contributed by atoms with Gasteiger partial charge in [0, 0.05) is 24.8 Å². The summed E-state index contributed by atoms with van der Waals surface area (Å²) in [6.45, 7) is 2.40. The molecule has 1 aliphatic rings. The van der Waals surface area contributed by atoms with Crippen LogP contribution in [0.15, 0.2) is 78.9 Å². The van der Waals surface area contributed by atoms with E-state index in [0.717, 1.165) is 47.9 Å². The molecular weight excluding hydrogens is 495 g/mol. The lowest BCUT2D eigenvalue weighted by atomic mass is 9.94. The summed E-state index contributed by atoms with van der Waals surface area (Å²) in [4.78, 5) is 29.3. The second-order valence-electron chi connectivity index (χ2n) is 10.2. The third kappa shape index (κ3) is 8.45. The summed E-state index contributed by atoms with van der Waals surface area (Å²) < 4.78 is 13.3. The number of nitrogens with zero attached hydrogens (tertiary/aromatic N) is 1. The zero-order valence-electron chi connectivity index (χ0n) is 22.1. The van der Waals surface area contributed by atoms with E-state index in [-0.39, 0.29) is 29.4 Å². The van der Waals surface area contributed by atoms with Gasteiger partial charge in [0.05, 0.1) is 5.75 Å². The Kier molecular flexibility index (Phi) is 10.4. The first-order valence-electron chi connectivity index (χ1n) is 13.5. The van der Waals surface area contributed by atoms with Crippen LogP contribution < -0.4 is 5.32 Å². The van der Waals surface area contributed by atoms with Crippen LogP contribution in [0.25, 0.3) is 0 Å². The minimum absolute atomic E-state index is 0.0710. The van der Waals surface area contributed by atoms with Crippen molar-refractivity contribution in [3.63, 3.8) is 0 Å². The maximum Gasteiger partial charge on any atom is 0.243 e. The smallest absolute Gasteiger partial charge is 0.243 e. The highest BCUT2D eigenvalue weighted by Gasteiger charge is 2.31. The van der Waals surface area contributed by atoms with Gasteiger partial charge in [-0.3, -0.25) is 9.59 Å². The van der Waals surface area contributed by atoms with E-state index in [1.54, 1.807) is 17.0 Å². The van der Waals surface area contributed by atoms with Gasteiger partial charge in [-0.05, 0) is 48.6 Å². The fourth-order valence-corrected chi connectivity index (χ4v) is 5.90. The molecule has 0 bridgehead atoms. The first-order chi connectivity index (χ1) is 18.5. The molecule has 3 aromatic carbocycles. The lowest BCUT2D eigenvalue weighted by Gasteiger charge is -2.33. The van der Waals surface area contributed by atoms with Gasteiger partial charge in [-0.15, -0.1) is 11.8 Å². The molecule has 0 heterocycles. The molecule has 1 N–H and O–H groups in total. The number of benzene rings is 3. The Labute approximate surface area is 230 Å². The molecule has 1 fully saturated rings. The molecule has 0 aliphatic heterocycles. The van der Waals surface area contributed by atoms with Gasteiger partial charge in [-0.25, -0.2) is 4.39 Å². The highest BCUT2D eigenvalue weighted by molar-refractivity contribution is 7.99. The fraction of sp³-hybridized carbons (Fsp3) is 0.375. The summed E-state index contributed by atoms with van der Waals surface area (Å²) >= 11 is 1.49. The summed E-state index contributed by atoms with van der Waals surface area (Å²) in [5.41, 5.74) is 4.11. The molecule has 3 aromatic rings. The number of thioether (sulfide) groups is 1. The lowest BCUT2D eigenvalue weighted by Crippen LogP contribution is -2.53. The largest absolute Gasteiger partial charge is 0.352 e. The number of amides is 2. The van der Waals surface area contributed by atoms with Crippen molar-refractivity contribution in [2.45, 2.75) is 69.8 Å². The van der Waals surface area contributed by atoms with Gasteiger partial charge in [0.15, 0.2) is 0 Å². The van der Waals surface area contributed by atoms with E-state index in [2.05, 4.69) is 11.4 Å². The molecule has 4 rings (SSSR count). The van der Waals surface area contributed by atoms with Crippen LogP contribution >= 0.6 is 11.8 Å². The standard InChI is InChI=1S/C32H37FN2O2S/c1-24-9-8-12-27(19-24)21-35(31(36)23-38-22-26-15-17-28(33)18-16-26)30(20-25-10-4-2-5-11-25)32(37)34-29-13-6-3-7-14-29/h2,4-5,8-12,15-19,29-30H,3,6-7,13-14,20-23H2,1H3,(H,34,37)/t30-/m0/s1. The van der Waals surface area contributed by atoms with E-state index in [1.165, 1.54) is 30.3 Å². The Morgan fingerprint density at radius 1 is 0.921 bits per heavy atom. The van der Waals surface area contributed by atoms with Gasteiger partial charge in [0.2, 0.25) is 11.8 Å². The minimum Gasteiger partial charge on any atom is -0.352 e. The number of aryl methyl sites for hydroxylation is 1. The Bertz CT molecular complexity index is 1180. The molecule has 1 atom stereocenters. The van der Waals surface area contributed by atoms with Crippen LogP contribution in [-0.4, -0.2) is 34.6 Å². The Hall–Kier alpha value is -3.12. The van der Waals surface area contributed by atoms with Crippen LogP contribution in [0.4, 0.5) is 4.39 Å². The van der Waals surface area contributed by atoms with Crippen LogP contribution in [-0.2, 0) is 28.3 Å². The van der Waals surface area contributed by atoms with Crippen molar-refractivity contribution < 1.29 is 14.0 Å². The summed E-state index contributed by atoms with van der Waals surface area (Å²) in [5.74, 6) is 0.420. The van der Waals surface area contributed by atoms with Crippen molar-refractivity contribution in [1.29, 1.82) is 0 Å². The first-order valence-corrected chi connectivity index (χ1v) is 14.6. The maximum atomic E-state index is 13.8. The number of hydrogen-bond acceptors (Lipinski definition) is 3. The van der Waals surface area contributed by atoms with Crippen LogP contribution in [0.2, 0.25) is 0 Å². The van der Waals surface area contributed by atoms with Crippen LogP contribution in [0.5, 0.6) is 0 Å². The number of hydrogen-bond donors (Lipinski definition) is 1. The third-order valence-corrected chi connectivity index (χ3v) is 8.05. The van der Waals surface area contributed by atoms with Crippen molar-refractivity contribution in [3.8, 4) is 0 Å². The van der Waals surface area contributed by atoms with E-state index in [0.29, 0.717) is 18.7 Å². The van der Waals surface area contributed by atoms with Crippen molar-refractivity contribution in [3.05, 3.63) is 107 Å². The predicted molar refractivity (Wildman–Crippen MR) is 153 cm³/mol. The molecule has 38 heavy (non-hydrogen) atoms. The molecule has 0 saturated heterocycles. The van der Waals surface area contributed by atoms with E-state index in [1.807, 2.05) is 55.5 Å². The molecular formula is C32H37FN2O2S. The highest BCUT2D eigenvalue weighted by Crippen LogP contribution is 2.21. The third-order valence-electron chi connectivity index (χ3n) is 7.07. The zero-order chi connectivity index (χ0) is 26.7. The average Bonchev–Trinajstić information content (AvgIpc) is 2.93. The maximum absolute atomic E-state index is 13.8. The second kappa shape index (κ2) is 14.1. The molecule has 0 spiro atoms. The van der Waals surface area contributed by atoms with E-state index < -0.39 is 6.04 Å². The molecule has 200 valence electrons. The quantitative estimate of drug-likeness (QED) is 0.309. The van der Waals surface area contributed by atoms with Gasteiger partial charge < -0.3 is 10.2 Å². The van der Waals surface area contributed by atoms with Crippen molar-refractivity contribution in [2.24, 2.45) is 0 Å². The summed E-state index contributed by atoms with van der Waals surface area (Å²) in [7, 11) is 0. The topological polar surface area (TPSA) is 49.4 Å². The first kappa shape index (κ1) is 27.9. The normalized spacial score (nSPS) is 14.6. The van der Waals surface area contributed by atoms with Gasteiger partial charge >= 0.3 is 0 Å². The minimum atomic E-state index is -0.612. The number of nitrogens with one attached hydrogen (secondary N) is 1. The van der Waals surface area contributed by atoms with Gasteiger partial charge in [0.1, 0.15) is 11.9 Å². The molecule has 6 heteroatoms. The van der Waals surface area contributed by atoms with E-state index in [4.69, 9.17) is 0 Å². The molecule has 4 nitrogen and oxygen atoms in total. The molecule has 1 saturated carbocycles. The van der Waals surface area contributed by atoms with Crippen molar-refractivity contribution in [2.75, 3.05) is 5.75 Å². The van der Waals surface area contributed by atoms with Crippen molar-refractivity contribution in [1.82, 2.24) is 10.2 Å². The second-order valence-corrected chi connectivity index (χ2v) is 11.2. The molecule has 0 unspecified atom stereocenters. The highest BCUT2D eigenvalue weighted by atomic mass is 32.2. The van der Waals surface area contributed by atoms with Gasteiger partial charge in [-0.1, -0.05) is 91.6 Å². The van der Waals surface area contributed by atoms with Gasteiger partial charge in [0.25, 0.3) is 0 Å². The predicted octanol–water partition coefficient (Wildman–Crippen LogP) is 6.46. The SMILES string of the molecule is Cc1cccc(CN(C(=O)CSCc2ccc(F)cc2)[C@@H](Cc2ccccc2)C(=O)NC2CCCCC2)c1.